The SMILES string of the molecule is C=COCC(=O)N[C@@H](C/C(S)=C/CC)C(=O)NC. The molecule has 0 aromatic heterocycles. The van der Waals surface area contributed by atoms with E-state index in [1.54, 1.807) is 0 Å². The van der Waals surface area contributed by atoms with Crippen LogP contribution in [0.3, 0.4) is 0 Å². The Hall–Kier alpha value is -1.43. The quantitative estimate of drug-likeness (QED) is 0.456. The van der Waals surface area contributed by atoms with Crippen LogP contribution in [-0.2, 0) is 14.3 Å². The van der Waals surface area contributed by atoms with Crippen molar-refractivity contribution in [2.75, 3.05) is 13.7 Å². The van der Waals surface area contributed by atoms with Crippen molar-refractivity contribution >= 4 is 24.4 Å². The Kier molecular flexibility index (Phi) is 8.82. The third kappa shape index (κ3) is 7.01. The van der Waals surface area contributed by atoms with E-state index < -0.39 is 6.04 Å². The molecule has 6 heteroatoms. The largest absolute Gasteiger partial charge is 0.492 e. The fourth-order valence-electron chi connectivity index (χ4n) is 1.28. The van der Waals surface area contributed by atoms with E-state index >= 15 is 0 Å². The van der Waals surface area contributed by atoms with Crippen LogP contribution in [0.1, 0.15) is 19.8 Å². The molecule has 2 amide bonds. The minimum Gasteiger partial charge on any atom is -0.492 e. The zero-order valence-corrected chi connectivity index (χ0v) is 11.6. The number of carbonyl (C=O) groups is 2. The van der Waals surface area contributed by atoms with E-state index in [1.807, 2.05) is 13.0 Å². The fraction of sp³-hybridized carbons (Fsp3) is 0.500. The maximum atomic E-state index is 11.6. The Morgan fingerprint density at radius 2 is 2.17 bits per heavy atom. The number of hydrogen-bond acceptors (Lipinski definition) is 4. The molecule has 102 valence electrons. The maximum Gasteiger partial charge on any atom is 0.258 e. The maximum absolute atomic E-state index is 11.6. The van der Waals surface area contributed by atoms with Crippen molar-refractivity contribution < 1.29 is 14.3 Å². The summed E-state index contributed by atoms with van der Waals surface area (Å²) in [5, 5.41) is 5.08. The summed E-state index contributed by atoms with van der Waals surface area (Å²) in [6, 6.07) is -0.647. The van der Waals surface area contributed by atoms with Crippen LogP contribution < -0.4 is 10.6 Å². The van der Waals surface area contributed by atoms with Gasteiger partial charge in [0, 0.05) is 13.5 Å². The van der Waals surface area contributed by atoms with Gasteiger partial charge >= 0.3 is 0 Å². The summed E-state index contributed by atoms with van der Waals surface area (Å²) in [4.78, 5) is 23.8. The van der Waals surface area contributed by atoms with Gasteiger partial charge in [0.05, 0.1) is 6.26 Å². The second-order valence-corrected chi connectivity index (χ2v) is 4.09. The van der Waals surface area contributed by atoms with Crippen LogP contribution in [0, 0.1) is 0 Å². The molecule has 18 heavy (non-hydrogen) atoms. The molecule has 0 aromatic rings. The van der Waals surface area contributed by atoms with E-state index in [0.717, 1.165) is 11.3 Å². The second kappa shape index (κ2) is 9.58. The number of hydrogen-bond donors (Lipinski definition) is 3. The third-order valence-electron chi connectivity index (χ3n) is 2.08. The monoisotopic (exact) mass is 272 g/mol. The van der Waals surface area contributed by atoms with Crippen molar-refractivity contribution in [2.24, 2.45) is 0 Å². The van der Waals surface area contributed by atoms with Crippen molar-refractivity contribution in [3.63, 3.8) is 0 Å². The first-order valence-electron chi connectivity index (χ1n) is 5.66. The molecule has 0 unspecified atom stereocenters. The number of likely N-dealkylation sites (N-methyl/N-ethyl adjacent to an activating group) is 1. The highest BCUT2D eigenvalue weighted by atomic mass is 32.1. The predicted octanol–water partition coefficient (Wildman–Crippen LogP) is 0.991. The molecule has 0 fully saturated rings. The first kappa shape index (κ1) is 16.6. The van der Waals surface area contributed by atoms with E-state index in [9.17, 15) is 9.59 Å². The molecular formula is C12H20N2O3S. The van der Waals surface area contributed by atoms with Gasteiger partial charge in [-0.1, -0.05) is 19.6 Å². The molecule has 1 atom stereocenters. The summed E-state index contributed by atoms with van der Waals surface area (Å²) in [5.74, 6) is -0.640. The Morgan fingerprint density at radius 1 is 1.50 bits per heavy atom. The van der Waals surface area contributed by atoms with E-state index in [2.05, 4.69) is 29.8 Å². The lowest BCUT2D eigenvalue weighted by molar-refractivity contribution is -0.130. The molecular weight excluding hydrogens is 252 g/mol. The first-order valence-corrected chi connectivity index (χ1v) is 6.11. The molecule has 0 heterocycles. The van der Waals surface area contributed by atoms with Crippen LogP contribution in [0.25, 0.3) is 0 Å². The van der Waals surface area contributed by atoms with Gasteiger partial charge < -0.3 is 15.4 Å². The molecule has 0 rings (SSSR count). The summed E-state index contributed by atoms with van der Waals surface area (Å²) in [5.41, 5.74) is 0. The molecule has 0 radical (unpaired) electrons. The van der Waals surface area contributed by atoms with Gasteiger partial charge in [0.1, 0.15) is 6.04 Å². The standard InChI is InChI=1S/C12H20N2O3S/c1-4-6-9(18)7-10(12(16)13-3)14-11(15)8-17-5-2/h5-6,10,18H,2,4,7-8H2,1,3H3,(H,13,16)(H,14,15)/b9-6-/t10-/m0/s1. The molecule has 0 saturated carbocycles. The number of carbonyl (C=O) groups excluding carboxylic acids is 2. The van der Waals surface area contributed by atoms with Gasteiger partial charge in [-0.2, -0.15) is 0 Å². The lowest BCUT2D eigenvalue weighted by atomic mass is 10.1. The van der Waals surface area contributed by atoms with Gasteiger partial charge in [0.25, 0.3) is 5.91 Å². The van der Waals surface area contributed by atoms with Gasteiger partial charge in [0.2, 0.25) is 5.91 Å². The van der Waals surface area contributed by atoms with Gasteiger partial charge in [-0.3, -0.25) is 9.59 Å². The summed E-state index contributed by atoms with van der Waals surface area (Å²) in [6.45, 7) is 5.15. The van der Waals surface area contributed by atoms with Gasteiger partial charge in [-0.05, 0) is 11.3 Å². The topological polar surface area (TPSA) is 67.4 Å². The van der Waals surface area contributed by atoms with Crippen molar-refractivity contribution in [1.29, 1.82) is 0 Å². The number of rotatable bonds is 8. The summed E-state index contributed by atoms with van der Waals surface area (Å²) in [6.07, 6.45) is 4.25. The van der Waals surface area contributed by atoms with Crippen LogP contribution in [0.2, 0.25) is 0 Å². The first-order chi connectivity index (χ1) is 8.54. The van der Waals surface area contributed by atoms with E-state index in [-0.39, 0.29) is 18.4 Å². The molecule has 0 aliphatic rings. The van der Waals surface area contributed by atoms with Crippen molar-refractivity contribution in [3.8, 4) is 0 Å². The van der Waals surface area contributed by atoms with Crippen molar-refractivity contribution in [2.45, 2.75) is 25.8 Å². The molecule has 5 nitrogen and oxygen atoms in total. The lowest BCUT2D eigenvalue weighted by Gasteiger charge is -2.17. The summed E-state index contributed by atoms with van der Waals surface area (Å²) in [7, 11) is 1.52. The zero-order chi connectivity index (χ0) is 14.0. The summed E-state index contributed by atoms with van der Waals surface area (Å²) < 4.78 is 4.75. The van der Waals surface area contributed by atoms with Gasteiger partial charge in [-0.15, -0.1) is 12.6 Å². The summed E-state index contributed by atoms with van der Waals surface area (Å²) >= 11 is 4.26. The molecule has 0 aliphatic carbocycles. The number of nitrogens with one attached hydrogen (secondary N) is 2. The number of amides is 2. The third-order valence-corrected chi connectivity index (χ3v) is 2.45. The normalized spacial score (nSPS) is 12.5. The average Bonchev–Trinajstić information content (AvgIpc) is 2.34. The van der Waals surface area contributed by atoms with E-state index in [4.69, 9.17) is 4.74 Å². The van der Waals surface area contributed by atoms with Crippen LogP contribution in [0.5, 0.6) is 0 Å². The van der Waals surface area contributed by atoms with Crippen LogP contribution >= 0.6 is 12.6 Å². The van der Waals surface area contributed by atoms with Gasteiger partial charge in [-0.25, -0.2) is 0 Å². The molecule has 0 aliphatic heterocycles. The van der Waals surface area contributed by atoms with E-state index in [1.165, 1.54) is 13.3 Å². The minimum absolute atomic E-state index is 0.156. The van der Waals surface area contributed by atoms with Crippen molar-refractivity contribution in [1.82, 2.24) is 10.6 Å². The van der Waals surface area contributed by atoms with Crippen molar-refractivity contribution in [3.05, 3.63) is 23.8 Å². The van der Waals surface area contributed by atoms with E-state index in [0.29, 0.717) is 6.42 Å². The smallest absolute Gasteiger partial charge is 0.258 e. The Labute approximate surface area is 113 Å². The second-order valence-electron chi connectivity index (χ2n) is 3.52. The van der Waals surface area contributed by atoms with Gasteiger partial charge in [0.15, 0.2) is 6.61 Å². The highest BCUT2D eigenvalue weighted by Crippen LogP contribution is 2.11. The molecule has 0 saturated heterocycles. The zero-order valence-electron chi connectivity index (χ0n) is 10.7. The highest BCUT2D eigenvalue weighted by molar-refractivity contribution is 7.84. The average molecular weight is 272 g/mol. The number of ether oxygens (including phenoxy) is 1. The number of thiol groups is 1. The lowest BCUT2D eigenvalue weighted by Crippen LogP contribution is -2.46. The Balaban J connectivity index is 4.49. The molecule has 0 spiro atoms. The minimum atomic E-state index is -0.647. The molecule has 2 N–H and O–H groups in total. The Bertz CT molecular complexity index is 329. The van der Waals surface area contributed by atoms with Crippen LogP contribution in [-0.4, -0.2) is 31.5 Å². The highest BCUT2D eigenvalue weighted by Gasteiger charge is 2.20. The molecule has 0 aromatic carbocycles. The fourth-order valence-corrected chi connectivity index (χ4v) is 1.65. The number of allylic oxidation sites excluding steroid dienone is 1. The van der Waals surface area contributed by atoms with Crippen LogP contribution in [0.4, 0.5) is 0 Å². The predicted molar refractivity (Wildman–Crippen MR) is 74.1 cm³/mol. The van der Waals surface area contributed by atoms with Crippen LogP contribution in [0.15, 0.2) is 23.8 Å². The molecule has 0 bridgehead atoms. The Morgan fingerprint density at radius 3 is 2.67 bits per heavy atom.